The molecule has 0 spiro atoms. The number of hydrogen-bond acceptors (Lipinski definition) is 5. The number of carboxylic acids is 1. The molecule has 0 aromatic heterocycles. The number of Topliss-reactive ketones (excluding diaryl/α,β-unsaturated/α-hetero) is 1. The van der Waals surface area contributed by atoms with Crippen molar-refractivity contribution in [2.45, 2.75) is 30.4 Å². The number of carboxylic acid groups (broad SMARTS) is 1. The highest BCUT2D eigenvalue weighted by molar-refractivity contribution is 8.00. The lowest BCUT2D eigenvalue weighted by Crippen LogP contribution is -2.24. The van der Waals surface area contributed by atoms with Crippen LogP contribution < -0.4 is 10.6 Å². The molecular weight excluding hydrogens is 404 g/mol. The van der Waals surface area contributed by atoms with Gasteiger partial charge < -0.3 is 15.7 Å². The van der Waals surface area contributed by atoms with Gasteiger partial charge >= 0.3 is 5.97 Å². The number of amides is 2. The third kappa shape index (κ3) is 7.21. The maximum absolute atomic E-state index is 12.6. The van der Waals surface area contributed by atoms with Gasteiger partial charge in [0.2, 0.25) is 11.8 Å². The second kappa shape index (κ2) is 11.0. The molecule has 0 aliphatic heterocycles. The molecule has 2 amide bonds. The van der Waals surface area contributed by atoms with Crippen LogP contribution in [0.15, 0.2) is 65.6 Å². The van der Waals surface area contributed by atoms with Gasteiger partial charge in [-0.15, -0.1) is 11.8 Å². The second-order valence-electron chi connectivity index (χ2n) is 6.33. The van der Waals surface area contributed by atoms with Gasteiger partial charge in [-0.25, -0.2) is 4.79 Å². The van der Waals surface area contributed by atoms with Crippen molar-refractivity contribution >= 4 is 46.7 Å². The van der Waals surface area contributed by atoms with Crippen molar-refractivity contribution in [1.82, 2.24) is 0 Å². The molecule has 0 aliphatic rings. The third-order valence-electron chi connectivity index (χ3n) is 3.98. The summed E-state index contributed by atoms with van der Waals surface area (Å²) < 4.78 is 0. The van der Waals surface area contributed by atoms with Gasteiger partial charge in [0.05, 0.1) is 5.25 Å². The van der Waals surface area contributed by atoms with Gasteiger partial charge in [0, 0.05) is 34.0 Å². The van der Waals surface area contributed by atoms with E-state index in [2.05, 4.69) is 10.6 Å². The number of rotatable bonds is 9. The first kappa shape index (κ1) is 22.9. The number of anilines is 2. The molecule has 0 fully saturated rings. The standard InChI is InChI=1S/C22H22N2O5S/c1-3-19(22(29)24-16-9-7-15(8-10-16)14(2)25)30-18-6-4-5-17(13-18)23-20(26)11-12-21(27)28/h4-13,19H,3H2,1-2H3,(H,23,26)(H,24,29)(H,27,28)/b12-11+. The summed E-state index contributed by atoms with van der Waals surface area (Å²) in [5, 5.41) is 13.6. The molecule has 2 aromatic carbocycles. The number of aliphatic carboxylic acids is 1. The van der Waals surface area contributed by atoms with E-state index in [4.69, 9.17) is 5.11 Å². The minimum atomic E-state index is -1.21. The summed E-state index contributed by atoms with van der Waals surface area (Å²) in [6, 6.07) is 13.7. The van der Waals surface area contributed by atoms with Crippen molar-refractivity contribution in [1.29, 1.82) is 0 Å². The van der Waals surface area contributed by atoms with E-state index >= 15 is 0 Å². The molecule has 7 nitrogen and oxygen atoms in total. The van der Waals surface area contributed by atoms with Crippen molar-refractivity contribution in [3.8, 4) is 0 Å². The molecule has 0 radical (unpaired) electrons. The highest BCUT2D eigenvalue weighted by atomic mass is 32.2. The van der Waals surface area contributed by atoms with Crippen molar-refractivity contribution < 1.29 is 24.3 Å². The number of carbonyl (C=O) groups is 4. The van der Waals surface area contributed by atoms with E-state index in [9.17, 15) is 19.2 Å². The fourth-order valence-electron chi connectivity index (χ4n) is 2.48. The predicted octanol–water partition coefficient (Wildman–Crippen LogP) is 3.98. The Kier molecular flexibility index (Phi) is 8.37. The summed E-state index contributed by atoms with van der Waals surface area (Å²) in [7, 11) is 0. The number of benzene rings is 2. The average molecular weight is 426 g/mol. The number of hydrogen-bond donors (Lipinski definition) is 3. The van der Waals surface area contributed by atoms with Crippen LogP contribution in [-0.4, -0.2) is 33.9 Å². The van der Waals surface area contributed by atoms with Gasteiger partial charge in [0.15, 0.2) is 5.78 Å². The van der Waals surface area contributed by atoms with Crippen molar-refractivity contribution in [3.05, 3.63) is 66.2 Å². The predicted molar refractivity (Wildman–Crippen MR) is 117 cm³/mol. The molecule has 0 saturated carbocycles. The molecule has 0 heterocycles. The molecule has 156 valence electrons. The number of nitrogens with one attached hydrogen (secondary N) is 2. The van der Waals surface area contributed by atoms with Gasteiger partial charge in [-0.2, -0.15) is 0 Å². The lowest BCUT2D eigenvalue weighted by atomic mass is 10.1. The second-order valence-corrected chi connectivity index (χ2v) is 7.60. The zero-order valence-electron chi connectivity index (χ0n) is 16.5. The van der Waals surface area contributed by atoms with Crippen LogP contribution in [0.4, 0.5) is 11.4 Å². The Morgan fingerprint density at radius 2 is 1.70 bits per heavy atom. The highest BCUT2D eigenvalue weighted by Crippen LogP contribution is 2.28. The van der Waals surface area contributed by atoms with Crippen molar-refractivity contribution in [3.63, 3.8) is 0 Å². The van der Waals surface area contributed by atoms with E-state index in [1.165, 1.54) is 18.7 Å². The maximum atomic E-state index is 12.6. The van der Waals surface area contributed by atoms with Gasteiger partial charge in [-0.3, -0.25) is 14.4 Å². The van der Waals surface area contributed by atoms with Crippen LogP contribution in [0.25, 0.3) is 0 Å². The van der Waals surface area contributed by atoms with Crippen LogP contribution >= 0.6 is 11.8 Å². The summed E-state index contributed by atoms with van der Waals surface area (Å²) in [6.45, 7) is 3.38. The molecular formula is C22H22N2O5S. The topological polar surface area (TPSA) is 113 Å². The smallest absolute Gasteiger partial charge is 0.328 e. The normalized spacial score (nSPS) is 11.7. The Balaban J connectivity index is 2.02. The molecule has 0 aliphatic carbocycles. The molecule has 0 saturated heterocycles. The van der Waals surface area contributed by atoms with Crippen LogP contribution in [-0.2, 0) is 14.4 Å². The third-order valence-corrected chi connectivity index (χ3v) is 5.34. The van der Waals surface area contributed by atoms with E-state index in [1.54, 1.807) is 42.5 Å². The van der Waals surface area contributed by atoms with E-state index in [0.717, 1.165) is 17.0 Å². The molecule has 30 heavy (non-hydrogen) atoms. The van der Waals surface area contributed by atoms with Gasteiger partial charge in [-0.1, -0.05) is 13.0 Å². The summed E-state index contributed by atoms with van der Waals surface area (Å²) in [4.78, 5) is 47.0. The summed E-state index contributed by atoms with van der Waals surface area (Å²) >= 11 is 1.35. The molecule has 1 unspecified atom stereocenters. The molecule has 3 N–H and O–H groups in total. The Morgan fingerprint density at radius 1 is 1.00 bits per heavy atom. The highest BCUT2D eigenvalue weighted by Gasteiger charge is 2.18. The first-order valence-electron chi connectivity index (χ1n) is 9.19. The minimum Gasteiger partial charge on any atom is -0.478 e. The lowest BCUT2D eigenvalue weighted by Gasteiger charge is -2.15. The Bertz CT molecular complexity index is 970. The number of ketones is 1. The zero-order chi connectivity index (χ0) is 22.1. The first-order chi connectivity index (χ1) is 14.3. The van der Waals surface area contributed by atoms with E-state index in [0.29, 0.717) is 23.4 Å². The zero-order valence-corrected chi connectivity index (χ0v) is 17.4. The van der Waals surface area contributed by atoms with Crippen LogP contribution in [0, 0.1) is 0 Å². The van der Waals surface area contributed by atoms with Crippen LogP contribution in [0.5, 0.6) is 0 Å². The van der Waals surface area contributed by atoms with E-state index in [1.807, 2.05) is 13.0 Å². The monoisotopic (exact) mass is 426 g/mol. The van der Waals surface area contributed by atoms with Gasteiger partial charge in [-0.05, 0) is 55.8 Å². The van der Waals surface area contributed by atoms with Gasteiger partial charge in [0.25, 0.3) is 0 Å². The molecule has 2 aromatic rings. The van der Waals surface area contributed by atoms with Crippen LogP contribution in [0.3, 0.4) is 0 Å². The fourth-order valence-corrected chi connectivity index (χ4v) is 3.49. The average Bonchev–Trinajstić information content (AvgIpc) is 2.71. The number of carbonyl (C=O) groups excluding carboxylic acids is 3. The summed E-state index contributed by atoms with van der Waals surface area (Å²) in [5.41, 5.74) is 1.68. The quantitative estimate of drug-likeness (QED) is 0.318. The number of thioether (sulfide) groups is 1. The van der Waals surface area contributed by atoms with E-state index < -0.39 is 11.9 Å². The molecule has 2 rings (SSSR count). The van der Waals surface area contributed by atoms with Crippen LogP contribution in [0.1, 0.15) is 30.6 Å². The van der Waals surface area contributed by atoms with Crippen molar-refractivity contribution in [2.75, 3.05) is 10.6 Å². The lowest BCUT2D eigenvalue weighted by molar-refractivity contribution is -0.131. The largest absolute Gasteiger partial charge is 0.478 e. The summed E-state index contributed by atoms with van der Waals surface area (Å²) in [5.74, 6) is -1.97. The Labute approximate surface area is 178 Å². The van der Waals surface area contributed by atoms with E-state index in [-0.39, 0.29) is 16.9 Å². The fraction of sp³-hybridized carbons (Fsp3) is 0.182. The minimum absolute atomic E-state index is 0.0414. The molecule has 1 atom stereocenters. The first-order valence-corrected chi connectivity index (χ1v) is 10.1. The Hall–Kier alpha value is -3.39. The SMILES string of the molecule is CCC(Sc1cccc(NC(=O)/C=C/C(=O)O)c1)C(=O)Nc1ccc(C(C)=O)cc1. The van der Waals surface area contributed by atoms with Crippen molar-refractivity contribution in [2.24, 2.45) is 0 Å². The summed E-state index contributed by atoms with van der Waals surface area (Å²) in [6.07, 6.45) is 2.27. The Morgan fingerprint density at radius 3 is 2.30 bits per heavy atom. The maximum Gasteiger partial charge on any atom is 0.328 e. The van der Waals surface area contributed by atoms with Gasteiger partial charge in [0.1, 0.15) is 0 Å². The van der Waals surface area contributed by atoms with Crippen LogP contribution in [0.2, 0.25) is 0 Å². The molecule has 0 bridgehead atoms. The molecule has 8 heteroatoms.